The molecule has 0 unspecified atom stereocenters. The molecule has 2 aromatic carbocycles. The maximum atomic E-state index is 13.1. The number of benzene rings is 2. The van der Waals surface area contributed by atoms with Crippen molar-refractivity contribution in [3.8, 4) is 11.5 Å². The van der Waals surface area contributed by atoms with Crippen molar-refractivity contribution in [1.29, 1.82) is 0 Å². The van der Waals surface area contributed by atoms with Gasteiger partial charge in [0, 0.05) is 37.2 Å². The second-order valence-electron chi connectivity index (χ2n) is 8.42. The lowest BCUT2D eigenvalue weighted by atomic mass is 9.87. The molecule has 0 aliphatic carbocycles. The summed E-state index contributed by atoms with van der Waals surface area (Å²) in [6, 6.07) is 15.3. The molecule has 0 radical (unpaired) electrons. The van der Waals surface area contributed by atoms with E-state index in [0.29, 0.717) is 43.5 Å². The average Bonchev–Trinajstić information content (AvgIpc) is 3.23. The number of nitrogens with one attached hydrogen (secondary N) is 1. The Balaban J connectivity index is 1.85. The van der Waals surface area contributed by atoms with E-state index in [1.54, 1.807) is 19.1 Å². The van der Waals surface area contributed by atoms with Gasteiger partial charge < -0.3 is 19.7 Å². The van der Waals surface area contributed by atoms with Gasteiger partial charge in [0.1, 0.15) is 11.5 Å². The zero-order chi connectivity index (χ0) is 22.4. The van der Waals surface area contributed by atoms with E-state index in [4.69, 9.17) is 9.47 Å². The number of ether oxygens (including phenoxy) is 2. The van der Waals surface area contributed by atoms with Crippen LogP contribution in [0, 0.1) is 11.8 Å². The minimum absolute atomic E-state index is 0.0217. The fourth-order valence-corrected chi connectivity index (χ4v) is 4.03. The van der Waals surface area contributed by atoms with E-state index in [0.717, 1.165) is 11.1 Å². The Hall–Kier alpha value is -3.02. The van der Waals surface area contributed by atoms with Gasteiger partial charge in [-0.3, -0.25) is 9.59 Å². The SMILES string of the molecule is COc1ccc([C@@H]2CN(C(=O)Cc3ccccc3)C[C@H]2C(=O)NCC(C)C)c(OC)c1. The first-order valence-electron chi connectivity index (χ1n) is 10.7. The first-order chi connectivity index (χ1) is 14.9. The topological polar surface area (TPSA) is 67.9 Å². The number of hydrogen-bond donors (Lipinski definition) is 1. The molecule has 31 heavy (non-hydrogen) atoms. The lowest BCUT2D eigenvalue weighted by Gasteiger charge is -2.21. The Bertz CT molecular complexity index is 898. The largest absolute Gasteiger partial charge is 0.497 e. The van der Waals surface area contributed by atoms with E-state index in [9.17, 15) is 9.59 Å². The lowest BCUT2D eigenvalue weighted by Crippen LogP contribution is -2.37. The van der Waals surface area contributed by atoms with Crippen LogP contribution in [-0.4, -0.2) is 50.6 Å². The van der Waals surface area contributed by atoms with E-state index in [-0.39, 0.29) is 23.7 Å². The van der Waals surface area contributed by atoms with Crippen molar-refractivity contribution < 1.29 is 19.1 Å². The van der Waals surface area contributed by atoms with Gasteiger partial charge in [0.05, 0.1) is 26.6 Å². The molecule has 2 amide bonds. The van der Waals surface area contributed by atoms with Crippen LogP contribution in [-0.2, 0) is 16.0 Å². The monoisotopic (exact) mass is 424 g/mol. The summed E-state index contributed by atoms with van der Waals surface area (Å²) in [5.41, 5.74) is 1.89. The molecule has 6 nitrogen and oxygen atoms in total. The van der Waals surface area contributed by atoms with E-state index in [2.05, 4.69) is 19.2 Å². The molecule has 166 valence electrons. The van der Waals surface area contributed by atoms with Crippen molar-refractivity contribution in [2.24, 2.45) is 11.8 Å². The average molecular weight is 425 g/mol. The standard InChI is InChI=1S/C25H32N2O4/c1-17(2)14-26-25(29)22-16-27(24(28)12-18-8-6-5-7-9-18)15-21(22)20-11-10-19(30-3)13-23(20)31-4/h5-11,13,17,21-22H,12,14-16H2,1-4H3,(H,26,29)/t21-,22+/m0/s1. The summed E-state index contributed by atoms with van der Waals surface area (Å²) in [6.07, 6.45) is 0.327. The molecule has 1 aliphatic heterocycles. The Morgan fingerprint density at radius 1 is 1.06 bits per heavy atom. The normalized spacial score (nSPS) is 18.2. The van der Waals surface area contributed by atoms with E-state index in [1.165, 1.54) is 0 Å². The molecule has 2 aromatic rings. The Labute approximate surface area is 184 Å². The molecular weight excluding hydrogens is 392 g/mol. The molecule has 0 bridgehead atoms. The number of methoxy groups -OCH3 is 2. The fraction of sp³-hybridized carbons (Fsp3) is 0.440. The molecule has 1 aliphatic rings. The van der Waals surface area contributed by atoms with Crippen LogP contribution in [0.3, 0.4) is 0 Å². The predicted octanol–water partition coefficient (Wildman–Crippen LogP) is 3.26. The summed E-state index contributed by atoms with van der Waals surface area (Å²) in [6.45, 7) is 5.62. The van der Waals surface area contributed by atoms with Crippen molar-refractivity contribution in [1.82, 2.24) is 10.2 Å². The Morgan fingerprint density at radius 3 is 2.45 bits per heavy atom. The second-order valence-corrected chi connectivity index (χ2v) is 8.42. The number of carbonyl (C=O) groups excluding carboxylic acids is 2. The Morgan fingerprint density at radius 2 is 1.81 bits per heavy atom. The van der Waals surface area contributed by atoms with Crippen molar-refractivity contribution in [3.05, 3.63) is 59.7 Å². The van der Waals surface area contributed by atoms with Crippen LogP contribution in [0.4, 0.5) is 0 Å². The summed E-state index contributed by atoms with van der Waals surface area (Å²) >= 11 is 0. The maximum absolute atomic E-state index is 13.1. The predicted molar refractivity (Wildman–Crippen MR) is 120 cm³/mol. The van der Waals surface area contributed by atoms with Gasteiger partial charge in [-0.2, -0.15) is 0 Å². The molecule has 1 fully saturated rings. The van der Waals surface area contributed by atoms with Crippen LogP contribution >= 0.6 is 0 Å². The highest BCUT2D eigenvalue weighted by Crippen LogP contribution is 2.39. The van der Waals surface area contributed by atoms with Crippen molar-refractivity contribution in [2.45, 2.75) is 26.2 Å². The molecule has 0 saturated carbocycles. The van der Waals surface area contributed by atoms with Crippen LogP contribution in [0.15, 0.2) is 48.5 Å². The number of hydrogen-bond acceptors (Lipinski definition) is 4. The minimum atomic E-state index is -0.333. The first-order valence-corrected chi connectivity index (χ1v) is 10.7. The first kappa shape index (κ1) is 22.7. The van der Waals surface area contributed by atoms with Crippen LogP contribution in [0.5, 0.6) is 11.5 Å². The summed E-state index contributed by atoms with van der Waals surface area (Å²) in [5.74, 6) is 1.25. The highest BCUT2D eigenvalue weighted by molar-refractivity contribution is 5.84. The number of rotatable bonds is 8. The number of carbonyl (C=O) groups is 2. The Kier molecular flexibility index (Phi) is 7.55. The number of amides is 2. The zero-order valence-electron chi connectivity index (χ0n) is 18.8. The third-order valence-corrected chi connectivity index (χ3v) is 5.73. The van der Waals surface area contributed by atoms with Crippen molar-refractivity contribution >= 4 is 11.8 Å². The van der Waals surface area contributed by atoms with E-state index < -0.39 is 0 Å². The zero-order valence-corrected chi connectivity index (χ0v) is 18.8. The number of likely N-dealkylation sites (tertiary alicyclic amines) is 1. The van der Waals surface area contributed by atoms with Gasteiger partial charge in [0.15, 0.2) is 0 Å². The molecule has 1 saturated heterocycles. The van der Waals surface area contributed by atoms with Gasteiger partial charge in [-0.1, -0.05) is 50.2 Å². The van der Waals surface area contributed by atoms with Gasteiger partial charge >= 0.3 is 0 Å². The summed E-state index contributed by atoms with van der Waals surface area (Å²) in [7, 11) is 3.22. The van der Waals surface area contributed by atoms with Gasteiger partial charge in [-0.25, -0.2) is 0 Å². The van der Waals surface area contributed by atoms with Crippen molar-refractivity contribution in [2.75, 3.05) is 33.9 Å². The minimum Gasteiger partial charge on any atom is -0.497 e. The van der Waals surface area contributed by atoms with Gasteiger partial charge in [-0.15, -0.1) is 0 Å². The summed E-state index contributed by atoms with van der Waals surface area (Å²) in [4.78, 5) is 27.9. The third kappa shape index (κ3) is 5.57. The van der Waals surface area contributed by atoms with Crippen LogP contribution < -0.4 is 14.8 Å². The quantitative estimate of drug-likeness (QED) is 0.706. The van der Waals surface area contributed by atoms with Gasteiger partial charge in [0.25, 0.3) is 0 Å². The molecule has 3 rings (SSSR count). The van der Waals surface area contributed by atoms with Crippen molar-refractivity contribution in [3.63, 3.8) is 0 Å². The van der Waals surface area contributed by atoms with Crippen LogP contribution in [0.25, 0.3) is 0 Å². The van der Waals surface area contributed by atoms with Crippen LogP contribution in [0.2, 0.25) is 0 Å². The smallest absolute Gasteiger partial charge is 0.227 e. The molecule has 1 heterocycles. The maximum Gasteiger partial charge on any atom is 0.227 e. The molecule has 6 heteroatoms. The molecule has 0 aromatic heterocycles. The highest BCUT2D eigenvalue weighted by atomic mass is 16.5. The summed E-state index contributed by atoms with van der Waals surface area (Å²) < 4.78 is 10.9. The van der Waals surface area contributed by atoms with Crippen LogP contribution in [0.1, 0.15) is 30.9 Å². The van der Waals surface area contributed by atoms with E-state index >= 15 is 0 Å². The summed E-state index contributed by atoms with van der Waals surface area (Å²) in [5, 5.41) is 3.05. The lowest BCUT2D eigenvalue weighted by molar-refractivity contribution is -0.130. The molecule has 2 atom stereocenters. The van der Waals surface area contributed by atoms with Gasteiger partial charge in [-0.05, 0) is 17.5 Å². The number of nitrogens with zero attached hydrogens (tertiary/aromatic N) is 1. The molecule has 1 N–H and O–H groups in total. The fourth-order valence-electron chi connectivity index (χ4n) is 4.03. The third-order valence-electron chi connectivity index (χ3n) is 5.73. The molecular formula is C25H32N2O4. The molecule has 0 spiro atoms. The second kappa shape index (κ2) is 10.3. The van der Waals surface area contributed by atoms with E-state index in [1.807, 2.05) is 48.5 Å². The highest BCUT2D eigenvalue weighted by Gasteiger charge is 2.41. The van der Waals surface area contributed by atoms with Gasteiger partial charge in [0.2, 0.25) is 11.8 Å².